The minimum atomic E-state index is -0.689. The number of benzene rings is 2. The molecule has 3 amide bonds. The minimum Gasteiger partial charge on any atom is -0.378 e. The lowest BCUT2D eigenvalue weighted by molar-refractivity contribution is -0.129. The van der Waals surface area contributed by atoms with Crippen molar-refractivity contribution >= 4 is 23.4 Å². The molecule has 0 heterocycles. The highest BCUT2D eigenvalue weighted by Crippen LogP contribution is 2.13. The first kappa shape index (κ1) is 24.9. The topological polar surface area (TPSA) is 111 Å². The van der Waals surface area contributed by atoms with E-state index >= 15 is 0 Å². The molecule has 0 aliphatic rings. The third-order valence-corrected chi connectivity index (χ3v) is 5.10. The second-order valence-electron chi connectivity index (χ2n) is 7.81. The Bertz CT molecular complexity index is 869. The Hall–Kier alpha value is -3.39. The fourth-order valence-corrected chi connectivity index (χ4v) is 3.20. The second-order valence-corrected chi connectivity index (χ2v) is 7.81. The van der Waals surface area contributed by atoms with Gasteiger partial charge in [0, 0.05) is 38.3 Å². The van der Waals surface area contributed by atoms with Crippen molar-refractivity contribution in [3.63, 3.8) is 0 Å². The summed E-state index contributed by atoms with van der Waals surface area (Å²) >= 11 is 0. The van der Waals surface area contributed by atoms with Crippen molar-refractivity contribution in [2.24, 2.45) is 0 Å². The molecule has 32 heavy (non-hydrogen) atoms. The summed E-state index contributed by atoms with van der Waals surface area (Å²) in [5, 5.41) is 14.3. The van der Waals surface area contributed by atoms with Gasteiger partial charge in [-0.3, -0.25) is 19.6 Å². The largest absolute Gasteiger partial charge is 0.378 e. The van der Waals surface area contributed by atoms with Crippen LogP contribution >= 0.6 is 0 Å². The molecule has 4 N–H and O–H groups in total. The van der Waals surface area contributed by atoms with Gasteiger partial charge in [0.25, 0.3) is 5.91 Å². The highest BCUT2D eigenvalue weighted by atomic mass is 16.5. The van der Waals surface area contributed by atoms with Crippen molar-refractivity contribution in [1.82, 2.24) is 16.1 Å². The van der Waals surface area contributed by atoms with Gasteiger partial charge in [0.2, 0.25) is 11.8 Å². The van der Waals surface area contributed by atoms with Crippen LogP contribution in [0.4, 0.5) is 5.69 Å². The summed E-state index contributed by atoms with van der Waals surface area (Å²) in [5.74, 6) is -0.994. The third kappa shape index (κ3) is 8.39. The maximum Gasteiger partial charge on any atom is 0.251 e. The van der Waals surface area contributed by atoms with Crippen LogP contribution in [0, 0.1) is 0 Å². The van der Waals surface area contributed by atoms with E-state index in [1.54, 1.807) is 17.6 Å². The zero-order chi connectivity index (χ0) is 23.3. The van der Waals surface area contributed by atoms with Gasteiger partial charge in [0.05, 0.1) is 0 Å². The van der Waals surface area contributed by atoms with Gasteiger partial charge in [-0.15, -0.1) is 0 Å². The fraction of sp³-hybridized carbons (Fsp3) is 0.375. The van der Waals surface area contributed by atoms with E-state index in [0.29, 0.717) is 37.8 Å². The van der Waals surface area contributed by atoms with Crippen LogP contribution in [0.1, 0.15) is 48.0 Å². The minimum absolute atomic E-state index is 0.214. The van der Waals surface area contributed by atoms with Crippen molar-refractivity contribution in [2.75, 3.05) is 19.0 Å². The number of unbranched alkanes of at least 4 members (excludes halogenated alkanes) is 2. The van der Waals surface area contributed by atoms with Crippen LogP contribution in [0.3, 0.4) is 0 Å². The number of carbonyl (C=O) groups excluding carboxylic acids is 3. The lowest BCUT2D eigenvalue weighted by atomic mass is 10.0. The van der Waals surface area contributed by atoms with Crippen molar-refractivity contribution in [3.8, 4) is 0 Å². The molecular weight excluding hydrogens is 408 g/mol. The van der Waals surface area contributed by atoms with Crippen molar-refractivity contribution in [3.05, 3.63) is 65.7 Å². The number of nitrogens with zero attached hydrogens (tertiary/aromatic N) is 1. The van der Waals surface area contributed by atoms with E-state index in [1.807, 2.05) is 61.5 Å². The molecule has 0 fully saturated rings. The molecule has 1 atom stereocenters. The zero-order valence-electron chi connectivity index (χ0n) is 18.6. The maximum absolute atomic E-state index is 12.8. The Morgan fingerprint density at radius 1 is 0.938 bits per heavy atom. The van der Waals surface area contributed by atoms with Gasteiger partial charge in [-0.25, -0.2) is 5.48 Å². The lowest BCUT2D eigenvalue weighted by Gasteiger charge is -2.19. The van der Waals surface area contributed by atoms with Crippen LogP contribution in [0.5, 0.6) is 0 Å². The molecule has 8 nitrogen and oxygen atoms in total. The van der Waals surface area contributed by atoms with Crippen molar-refractivity contribution in [2.45, 2.75) is 44.7 Å². The Labute approximate surface area is 189 Å². The number of carbonyl (C=O) groups is 3. The molecule has 2 aromatic carbocycles. The molecule has 2 rings (SSSR count). The van der Waals surface area contributed by atoms with Crippen molar-refractivity contribution in [1.29, 1.82) is 0 Å². The molecule has 0 saturated heterocycles. The monoisotopic (exact) mass is 440 g/mol. The average Bonchev–Trinajstić information content (AvgIpc) is 2.81. The Kier molecular flexibility index (Phi) is 10.2. The van der Waals surface area contributed by atoms with Gasteiger partial charge in [-0.05, 0) is 42.7 Å². The number of amides is 3. The molecule has 0 aliphatic carbocycles. The lowest BCUT2D eigenvalue weighted by Crippen LogP contribution is -2.46. The second kappa shape index (κ2) is 13.1. The predicted molar refractivity (Wildman–Crippen MR) is 123 cm³/mol. The molecular formula is C24H32N4O4. The zero-order valence-corrected chi connectivity index (χ0v) is 18.6. The Morgan fingerprint density at radius 3 is 2.25 bits per heavy atom. The van der Waals surface area contributed by atoms with Crippen LogP contribution < -0.4 is 21.0 Å². The average molecular weight is 441 g/mol. The highest BCUT2D eigenvalue weighted by Gasteiger charge is 2.21. The van der Waals surface area contributed by atoms with Gasteiger partial charge in [0.1, 0.15) is 6.04 Å². The standard InChI is InChI=1S/C24H32N4O4/c1-28(2)20-15-13-19(14-16-20)23(30)26-21(11-7-4-8-12-22(29)27-32)24(31)25-17-18-9-5-3-6-10-18/h3,5-6,9-10,13-16,21,32H,4,7-8,11-12,17H2,1-2H3,(H,25,31)(H,26,30)(H,27,29)/t21-/m1/s1. The van der Waals surface area contributed by atoms with E-state index in [4.69, 9.17) is 5.21 Å². The van der Waals surface area contributed by atoms with Gasteiger partial charge >= 0.3 is 0 Å². The van der Waals surface area contributed by atoms with Crippen LogP contribution in [0.25, 0.3) is 0 Å². The van der Waals surface area contributed by atoms with Crippen LogP contribution in [-0.4, -0.2) is 43.1 Å². The van der Waals surface area contributed by atoms with E-state index in [1.165, 1.54) is 0 Å². The fourth-order valence-electron chi connectivity index (χ4n) is 3.20. The van der Waals surface area contributed by atoms with Crippen LogP contribution in [-0.2, 0) is 16.1 Å². The maximum atomic E-state index is 12.8. The summed E-state index contributed by atoms with van der Waals surface area (Å²) < 4.78 is 0. The molecule has 0 bridgehead atoms. The van der Waals surface area contributed by atoms with Crippen molar-refractivity contribution < 1.29 is 19.6 Å². The first-order valence-corrected chi connectivity index (χ1v) is 10.7. The molecule has 0 saturated carbocycles. The van der Waals surface area contributed by atoms with E-state index in [9.17, 15) is 14.4 Å². The number of hydrogen-bond donors (Lipinski definition) is 4. The normalized spacial score (nSPS) is 11.3. The first-order valence-electron chi connectivity index (χ1n) is 10.7. The quantitative estimate of drug-likeness (QED) is 0.230. The number of anilines is 1. The van der Waals surface area contributed by atoms with E-state index in [-0.39, 0.29) is 18.2 Å². The molecule has 2 aromatic rings. The Morgan fingerprint density at radius 2 is 1.62 bits per heavy atom. The summed E-state index contributed by atoms with van der Waals surface area (Å²) in [6, 6.07) is 16.0. The summed E-state index contributed by atoms with van der Waals surface area (Å²) in [7, 11) is 3.85. The number of hydrogen-bond acceptors (Lipinski definition) is 5. The number of rotatable bonds is 12. The van der Waals surface area contributed by atoms with Gasteiger partial charge in [-0.1, -0.05) is 43.2 Å². The molecule has 172 valence electrons. The molecule has 0 spiro atoms. The third-order valence-electron chi connectivity index (χ3n) is 5.10. The number of nitrogens with one attached hydrogen (secondary N) is 3. The molecule has 0 radical (unpaired) electrons. The van der Waals surface area contributed by atoms with Crippen LogP contribution in [0.2, 0.25) is 0 Å². The molecule has 0 unspecified atom stereocenters. The summed E-state index contributed by atoms with van der Waals surface area (Å²) in [5.41, 5.74) is 4.04. The Balaban J connectivity index is 1.97. The first-order chi connectivity index (χ1) is 15.4. The highest BCUT2D eigenvalue weighted by molar-refractivity contribution is 5.97. The van der Waals surface area contributed by atoms with E-state index < -0.39 is 11.9 Å². The van der Waals surface area contributed by atoms with Gasteiger partial charge in [0.15, 0.2) is 0 Å². The van der Waals surface area contributed by atoms with Crippen LogP contribution in [0.15, 0.2) is 54.6 Å². The smallest absolute Gasteiger partial charge is 0.251 e. The molecule has 0 aromatic heterocycles. The summed E-state index contributed by atoms with van der Waals surface area (Å²) in [4.78, 5) is 38.6. The number of hydroxylamine groups is 1. The van der Waals surface area contributed by atoms with Gasteiger partial charge in [-0.2, -0.15) is 0 Å². The summed E-state index contributed by atoms with van der Waals surface area (Å²) in [6.07, 6.45) is 2.60. The SMILES string of the molecule is CN(C)c1ccc(C(=O)N[C@H](CCCCCC(=O)NO)C(=O)NCc2ccccc2)cc1. The van der Waals surface area contributed by atoms with E-state index in [2.05, 4.69) is 10.6 Å². The molecule has 8 heteroatoms. The summed E-state index contributed by atoms with van der Waals surface area (Å²) in [6.45, 7) is 0.375. The van der Waals surface area contributed by atoms with E-state index in [0.717, 1.165) is 11.3 Å². The predicted octanol–water partition coefficient (Wildman–Crippen LogP) is 2.62. The van der Waals surface area contributed by atoms with Gasteiger partial charge < -0.3 is 15.5 Å². The molecule has 0 aliphatic heterocycles.